The van der Waals surface area contributed by atoms with Crippen molar-refractivity contribution in [2.75, 3.05) is 0 Å². The van der Waals surface area contributed by atoms with Gasteiger partial charge in [0.2, 0.25) is 0 Å². The number of hydrogen-bond donors (Lipinski definition) is 3. The SMILES string of the molecule is OB(O)O.[H-].[H-].[H-].[Ho].[Li+].[Sr+2]. The average Bonchev–Trinajstić information content (AvgIpc) is 0.811. The van der Waals surface area contributed by atoms with Crippen molar-refractivity contribution in [1.82, 2.24) is 0 Å². The van der Waals surface area contributed by atoms with Crippen LogP contribution >= 0.6 is 0 Å². The van der Waals surface area contributed by atoms with Crippen LogP contribution in [0.15, 0.2) is 0 Å². The molecule has 0 fully saturated rings. The Morgan fingerprint density at radius 2 is 1.14 bits per heavy atom. The zero-order chi connectivity index (χ0) is 3.58. The van der Waals surface area contributed by atoms with Crippen LogP contribution in [0.3, 0.4) is 0 Å². The standard InChI is InChI=1S/BH3O3.Ho.Li.Sr.3H/c2-1(3)4;;;;;;/h2-4H;;;;;;/q;;+1;+2;3*-1. The van der Waals surface area contributed by atoms with Gasteiger partial charge in [0.25, 0.3) is 0 Å². The van der Waals surface area contributed by atoms with E-state index in [0.29, 0.717) is 0 Å². The summed E-state index contributed by atoms with van der Waals surface area (Å²) in [6.07, 6.45) is 0. The molecule has 0 aromatic rings. The van der Waals surface area contributed by atoms with Crippen LogP contribution < -0.4 is 18.9 Å². The predicted octanol–water partition coefficient (Wildman–Crippen LogP) is -5.09. The van der Waals surface area contributed by atoms with Crippen LogP contribution in [0.5, 0.6) is 0 Å². The van der Waals surface area contributed by atoms with Gasteiger partial charge in [0, 0.05) is 37.7 Å². The van der Waals surface area contributed by atoms with E-state index in [0.717, 1.165) is 0 Å². The Bertz CT molecular complexity index is 28.5. The molecule has 0 aliphatic rings. The minimum atomic E-state index is -2.17. The molecule has 0 aromatic heterocycles. The van der Waals surface area contributed by atoms with Crippen molar-refractivity contribution in [2.24, 2.45) is 0 Å². The Labute approximate surface area is 126 Å². The van der Waals surface area contributed by atoms with Gasteiger partial charge in [-0.2, -0.15) is 0 Å². The molecule has 3 N–H and O–H groups in total. The van der Waals surface area contributed by atoms with E-state index in [-0.39, 0.29) is 106 Å². The van der Waals surface area contributed by atoms with E-state index in [1.807, 2.05) is 0 Å². The van der Waals surface area contributed by atoms with Gasteiger partial charge in [-0.15, -0.1) is 0 Å². The predicted molar refractivity (Wildman–Crippen MR) is 21.5 cm³/mol. The van der Waals surface area contributed by atoms with Crippen molar-refractivity contribution in [2.45, 2.75) is 0 Å². The summed E-state index contributed by atoms with van der Waals surface area (Å²) in [5.74, 6) is 0. The van der Waals surface area contributed by atoms with Crippen molar-refractivity contribution >= 4 is 52.8 Å². The topological polar surface area (TPSA) is 60.7 Å². The van der Waals surface area contributed by atoms with Crippen LogP contribution in [-0.4, -0.2) is 67.9 Å². The monoisotopic (exact) mass is 325 g/mol. The van der Waals surface area contributed by atoms with Crippen LogP contribution in [-0.2, 0) is 0 Å². The summed E-state index contributed by atoms with van der Waals surface area (Å²) in [6.45, 7) is 0. The van der Waals surface area contributed by atoms with E-state index >= 15 is 0 Å². The van der Waals surface area contributed by atoms with Crippen LogP contribution in [0, 0.1) is 37.7 Å². The molecule has 0 aromatic carbocycles. The fourth-order valence-electron chi connectivity index (χ4n) is 0. The quantitative estimate of drug-likeness (QED) is 0.391. The fraction of sp³-hybridized carbons (Fsp3) is 0. The largest absolute Gasteiger partial charge is 2.00 e. The van der Waals surface area contributed by atoms with Crippen LogP contribution in [0.2, 0.25) is 0 Å². The third-order valence-electron chi connectivity index (χ3n) is 0. The number of hydrogen-bond acceptors (Lipinski definition) is 3. The summed E-state index contributed by atoms with van der Waals surface area (Å²) in [6, 6.07) is 0. The second kappa shape index (κ2) is 16.1. The first-order chi connectivity index (χ1) is 1.73. The summed E-state index contributed by atoms with van der Waals surface area (Å²) in [4.78, 5) is 0. The molecule has 41 valence electrons. The van der Waals surface area contributed by atoms with Crippen LogP contribution in [0.4, 0.5) is 0 Å². The van der Waals surface area contributed by atoms with E-state index < -0.39 is 7.32 Å². The summed E-state index contributed by atoms with van der Waals surface area (Å²) >= 11 is 0. The van der Waals surface area contributed by atoms with Crippen molar-refractivity contribution < 1.29 is 76.0 Å². The van der Waals surface area contributed by atoms with Crippen molar-refractivity contribution in [3.8, 4) is 0 Å². The first-order valence-corrected chi connectivity index (χ1v) is 0.775. The molecule has 1 radical (unpaired) electrons. The van der Waals surface area contributed by atoms with E-state index in [4.69, 9.17) is 15.1 Å². The van der Waals surface area contributed by atoms with Crippen LogP contribution in [0.1, 0.15) is 4.28 Å². The molecule has 0 spiro atoms. The maximum Gasteiger partial charge on any atom is 2.00 e. The minimum Gasteiger partial charge on any atom is -1.00 e. The van der Waals surface area contributed by atoms with Gasteiger partial charge in [-0.1, -0.05) is 0 Å². The molecular weight excluding hydrogens is 318 g/mol. The molecule has 7 heavy (non-hydrogen) atoms. The normalized spacial score (nSPS) is 3.86. The van der Waals surface area contributed by atoms with Crippen molar-refractivity contribution in [1.29, 1.82) is 0 Å². The van der Waals surface area contributed by atoms with Gasteiger partial charge < -0.3 is 19.4 Å². The molecular formula is H6BHoLiO3Sr. The van der Waals surface area contributed by atoms with E-state index in [9.17, 15) is 0 Å². The van der Waals surface area contributed by atoms with Gasteiger partial charge in [-0.3, -0.25) is 0 Å². The van der Waals surface area contributed by atoms with Crippen LogP contribution in [0.25, 0.3) is 0 Å². The zero-order valence-corrected chi connectivity index (χ0v) is 9.34. The van der Waals surface area contributed by atoms with E-state index in [2.05, 4.69) is 0 Å². The average molecular weight is 324 g/mol. The van der Waals surface area contributed by atoms with Gasteiger partial charge in [-0.05, 0) is 0 Å². The Balaban J connectivity index is -0.00000000300. The molecule has 0 atom stereocenters. The second-order valence-corrected chi connectivity index (χ2v) is 0.346. The molecule has 0 amide bonds. The third-order valence-corrected chi connectivity index (χ3v) is 0. The second-order valence-electron chi connectivity index (χ2n) is 0.346. The first-order valence-electron chi connectivity index (χ1n) is 0.775. The molecule has 0 unspecified atom stereocenters. The molecule has 0 saturated carbocycles. The summed E-state index contributed by atoms with van der Waals surface area (Å²) < 4.78 is 0. The summed E-state index contributed by atoms with van der Waals surface area (Å²) in [5, 5.41) is 21.5. The zero-order valence-electron chi connectivity index (χ0n) is 6.93. The first kappa shape index (κ1) is 22.4. The minimum absolute atomic E-state index is 0. The van der Waals surface area contributed by atoms with E-state index in [1.54, 1.807) is 0 Å². The van der Waals surface area contributed by atoms with E-state index in [1.165, 1.54) is 0 Å². The Morgan fingerprint density at radius 3 is 1.14 bits per heavy atom. The summed E-state index contributed by atoms with van der Waals surface area (Å²) in [7, 11) is -2.17. The number of rotatable bonds is 0. The smallest absolute Gasteiger partial charge is 1.00 e. The molecule has 0 bridgehead atoms. The molecule has 0 rings (SSSR count). The van der Waals surface area contributed by atoms with Crippen molar-refractivity contribution in [3.63, 3.8) is 0 Å². The van der Waals surface area contributed by atoms with Crippen molar-refractivity contribution in [3.05, 3.63) is 0 Å². The molecule has 3 nitrogen and oxygen atoms in total. The summed E-state index contributed by atoms with van der Waals surface area (Å²) in [5.41, 5.74) is 0. The molecule has 0 aliphatic carbocycles. The van der Waals surface area contributed by atoms with Gasteiger partial charge in [0.05, 0.1) is 0 Å². The fourth-order valence-corrected chi connectivity index (χ4v) is 0. The molecule has 7 heteroatoms. The Kier molecular flexibility index (Phi) is 51.7. The van der Waals surface area contributed by atoms with Gasteiger partial charge >= 0.3 is 71.7 Å². The Hall–Kier alpha value is 3.28. The van der Waals surface area contributed by atoms with Gasteiger partial charge in [0.15, 0.2) is 0 Å². The maximum atomic E-state index is 7.17. The third kappa shape index (κ3) is 45.7. The van der Waals surface area contributed by atoms with Gasteiger partial charge in [-0.25, -0.2) is 0 Å². The Morgan fingerprint density at radius 1 is 1.14 bits per heavy atom. The molecule has 0 saturated heterocycles. The molecule has 0 aliphatic heterocycles. The molecule has 0 heterocycles. The maximum absolute atomic E-state index is 7.17. The van der Waals surface area contributed by atoms with Gasteiger partial charge in [0.1, 0.15) is 0 Å².